The van der Waals surface area contributed by atoms with Crippen molar-refractivity contribution in [1.82, 2.24) is 15.1 Å². The van der Waals surface area contributed by atoms with Crippen LogP contribution in [0.3, 0.4) is 0 Å². The standard InChI is InChI=1S/C13H18N4O/c1-9(8-14)5-6-11-16-13(17-18-11)12-10(2)4-3-7-15-12/h3-4,7,9H,5-6,8,14H2,1-2H3. The molecular weight excluding hydrogens is 228 g/mol. The van der Waals surface area contributed by atoms with Gasteiger partial charge in [0.05, 0.1) is 0 Å². The van der Waals surface area contributed by atoms with Crippen LogP contribution in [0.5, 0.6) is 0 Å². The van der Waals surface area contributed by atoms with E-state index in [-0.39, 0.29) is 0 Å². The predicted octanol–water partition coefficient (Wildman–Crippen LogP) is 1.97. The van der Waals surface area contributed by atoms with Crippen molar-refractivity contribution in [2.45, 2.75) is 26.7 Å². The van der Waals surface area contributed by atoms with Crippen LogP contribution in [0.4, 0.5) is 0 Å². The Morgan fingerprint density at radius 2 is 2.28 bits per heavy atom. The summed E-state index contributed by atoms with van der Waals surface area (Å²) in [6, 6.07) is 3.87. The normalized spacial score (nSPS) is 12.6. The Hall–Kier alpha value is -1.75. The van der Waals surface area contributed by atoms with E-state index < -0.39 is 0 Å². The Morgan fingerprint density at radius 1 is 1.44 bits per heavy atom. The first-order valence-corrected chi connectivity index (χ1v) is 6.15. The lowest BCUT2D eigenvalue weighted by Crippen LogP contribution is -2.11. The van der Waals surface area contributed by atoms with Gasteiger partial charge in [0.25, 0.3) is 0 Å². The molecule has 2 rings (SSSR count). The zero-order chi connectivity index (χ0) is 13.0. The van der Waals surface area contributed by atoms with Crippen molar-refractivity contribution in [1.29, 1.82) is 0 Å². The van der Waals surface area contributed by atoms with Crippen LogP contribution in [-0.2, 0) is 6.42 Å². The Labute approximate surface area is 106 Å². The highest BCUT2D eigenvalue weighted by Gasteiger charge is 2.12. The van der Waals surface area contributed by atoms with Crippen LogP contribution in [-0.4, -0.2) is 21.7 Å². The highest BCUT2D eigenvalue weighted by molar-refractivity contribution is 5.52. The van der Waals surface area contributed by atoms with Gasteiger partial charge in [0.2, 0.25) is 11.7 Å². The summed E-state index contributed by atoms with van der Waals surface area (Å²) in [6.07, 6.45) is 3.45. The van der Waals surface area contributed by atoms with Crippen molar-refractivity contribution in [3.05, 3.63) is 29.8 Å². The van der Waals surface area contributed by atoms with E-state index in [1.54, 1.807) is 6.20 Å². The minimum Gasteiger partial charge on any atom is -0.339 e. The lowest BCUT2D eigenvalue weighted by atomic mass is 10.1. The van der Waals surface area contributed by atoms with Crippen LogP contribution in [0, 0.1) is 12.8 Å². The zero-order valence-electron chi connectivity index (χ0n) is 10.8. The monoisotopic (exact) mass is 246 g/mol. The zero-order valence-corrected chi connectivity index (χ0v) is 10.8. The molecule has 0 radical (unpaired) electrons. The Bertz CT molecular complexity index is 509. The maximum Gasteiger partial charge on any atom is 0.227 e. The van der Waals surface area contributed by atoms with Crippen LogP contribution >= 0.6 is 0 Å². The number of hydrogen-bond acceptors (Lipinski definition) is 5. The first-order chi connectivity index (χ1) is 8.70. The third-order valence-electron chi connectivity index (χ3n) is 2.94. The van der Waals surface area contributed by atoms with Gasteiger partial charge in [-0.25, -0.2) is 0 Å². The molecule has 2 aromatic rings. The van der Waals surface area contributed by atoms with Crippen molar-refractivity contribution < 1.29 is 4.52 Å². The van der Waals surface area contributed by atoms with E-state index >= 15 is 0 Å². The first-order valence-electron chi connectivity index (χ1n) is 6.15. The Balaban J connectivity index is 2.09. The van der Waals surface area contributed by atoms with Gasteiger partial charge >= 0.3 is 0 Å². The molecule has 0 saturated carbocycles. The van der Waals surface area contributed by atoms with Crippen LogP contribution in [0.15, 0.2) is 22.9 Å². The molecule has 0 aliphatic carbocycles. The van der Waals surface area contributed by atoms with Crippen molar-refractivity contribution in [3.63, 3.8) is 0 Å². The van der Waals surface area contributed by atoms with Gasteiger partial charge in [0.15, 0.2) is 0 Å². The summed E-state index contributed by atoms with van der Waals surface area (Å²) in [5.41, 5.74) is 7.39. The molecule has 5 heteroatoms. The summed E-state index contributed by atoms with van der Waals surface area (Å²) in [7, 11) is 0. The third kappa shape index (κ3) is 2.92. The molecule has 1 atom stereocenters. The largest absolute Gasteiger partial charge is 0.339 e. The molecule has 0 amide bonds. The van der Waals surface area contributed by atoms with E-state index in [1.807, 2.05) is 19.1 Å². The van der Waals surface area contributed by atoms with E-state index in [2.05, 4.69) is 22.0 Å². The van der Waals surface area contributed by atoms with Gasteiger partial charge in [-0.15, -0.1) is 0 Å². The summed E-state index contributed by atoms with van der Waals surface area (Å²) in [4.78, 5) is 8.63. The lowest BCUT2D eigenvalue weighted by molar-refractivity contribution is 0.366. The summed E-state index contributed by atoms with van der Waals surface area (Å²) in [5.74, 6) is 1.68. The maximum atomic E-state index is 5.58. The van der Waals surface area contributed by atoms with Gasteiger partial charge in [-0.3, -0.25) is 4.98 Å². The quantitative estimate of drug-likeness (QED) is 0.872. The molecule has 0 fully saturated rings. The molecule has 0 spiro atoms. The van der Waals surface area contributed by atoms with E-state index in [9.17, 15) is 0 Å². The second-order valence-electron chi connectivity index (χ2n) is 4.56. The van der Waals surface area contributed by atoms with Gasteiger partial charge in [0, 0.05) is 12.6 Å². The number of pyridine rings is 1. The topological polar surface area (TPSA) is 77.8 Å². The summed E-state index contributed by atoms with van der Waals surface area (Å²) < 4.78 is 5.23. The van der Waals surface area contributed by atoms with Gasteiger partial charge in [-0.05, 0) is 37.4 Å². The van der Waals surface area contributed by atoms with E-state index in [1.165, 1.54) is 0 Å². The second-order valence-corrected chi connectivity index (χ2v) is 4.56. The number of rotatable bonds is 5. The first kappa shape index (κ1) is 12.7. The molecule has 0 aromatic carbocycles. The van der Waals surface area contributed by atoms with E-state index in [4.69, 9.17) is 10.3 Å². The summed E-state index contributed by atoms with van der Waals surface area (Å²) in [6.45, 7) is 4.77. The molecule has 1 unspecified atom stereocenters. The van der Waals surface area contributed by atoms with Crippen molar-refractivity contribution in [2.75, 3.05) is 6.54 Å². The van der Waals surface area contributed by atoms with Gasteiger partial charge in [0.1, 0.15) is 5.69 Å². The number of aromatic nitrogens is 3. The predicted molar refractivity (Wildman–Crippen MR) is 68.8 cm³/mol. The summed E-state index contributed by atoms with van der Waals surface area (Å²) in [5, 5.41) is 3.97. The fourth-order valence-electron chi connectivity index (χ4n) is 1.66. The van der Waals surface area contributed by atoms with Gasteiger partial charge < -0.3 is 10.3 Å². The molecule has 0 aliphatic rings. The average molecular weight is 246 g/mol. The molecule has 5 nitrogen and oxygen atoms in total. The molecular formula is C13H18N4O. The lowest BCUT2D eigenvalue weighted by Gasteiger charge is -2.03. The average Bonchev–Trinajstić information content (AvgIpc) is 2.85. The molecule has 0 bridgehead atoms. The SMILES string of the molecule is Cc1cccnc1-c1noc(CCC(C)CN)n1. The van der Waals surface area contributed by atoms with Crippen LogP contribution in [0.25, 0.3) is 11.5 Å². The highest BCUT2D eigenvalue weighted by atomic mass is 16.5. The van der Waals surface area contributed by atoms with Crippen LogP contribution in [0.2, 0.25) is 0 Å². The van der Waals surface area contributed by atoms with Crippen molar-refractivity contribution >= 4 is 0 Å². The van der Waals surface area contributed by atoms with Crippen LogP contribution in [0.1, 0.15) is 24.8 Å². The summed E-state index contributed by atoms with van der Waals surface area (Å²) >= 11 is 0. The molecule has 2 aromatic heterocycles. The smallest absolute Gasteiger partial charge is 0.227 e. The third-order valence-corrected chi connectivity index (χ3v) is 2.94. The fourth-order valence-corrected chi connectivity index (χ4v) is 1.66. The number of hydrogen-bond donors (Lipinski definition) is 1. The molecule has 18 heavy (non-hydrogen) atoms. The number of nitrogens with zero attached hydrogens (tertiary/aromatic N) is 3. The van der Waals surface area contributed by atoms with Gasteiger partial charge in [-0.1, -0.05) is 18.1 Å². The van der Waals surface area contributed by atoms with E-state index in [0.29, 0.717) is 24.2 Å². The minimum atomic E-state index is 0.469. The molecule has 0 saturated heterocycles. The Morgan fingerprint density at radius 3 is 3.00 bits per heavy atom. The Kier molecular flexibility index (Phi) is 4.04. The minimum absolute atomic E-state index is 0.469. The fraction of sp³-hybridized carbons (Fsp3) is 0.462. The van der Waals surface area contributed by atoms with Gasteiger partial charge in [-0.2, -0.15) is 4.98 Å². The second kappa shape index (κ2) is 5.73. The molecule has 2 N–H and O–H groups in total. The maximum absolute atomic E-state index is 5.58. The highest BCUT2D eigenvalue weighted by Crippen LogP contribution is 2.17. The van der Waals surface area contributed by atoms with Crippen molar-refractivity contribution in [3.8, 4) is 11.5 Å². The van der Waals surface area contributed by atoms with Crippen LogP contribution < -0.4 is 5.73 Å². The molecule has 2 heterocycles. The van der Waals surface area contributed by atoms with Crippen molar-refractivity contribution in [2.24, 2.45) is 11.7 Å². The molecule has 96 valence electrons. The number of nitrogens with two attached hydrogens (primary N) is 1. The van der Waals surface area contributed by atoms with E-state index in [0.717, 1.165) is 24.1 Å². The number of aryl methyl sites for hydroxylation is 2. The molecule has 0 aliphatic heterocycles.